The van der Waals surface area contributed by atoms with Crippen molar-refractivity contribution in [2.45, 2.75) is 13.3 Å². The van der Waals surface area contributed by atoms with E-state index in [1.807, 2.05) is 30.3 Å². The zero-order valence-corrected chi connectivity index (χ0v) is 14.9. The Kier molecular flexibility index (Phi) is 4.19. The standard InChI is InChI=1S/C21H20N4O/c1-3-16-17-6-4-5-7-18(17)25-20(16)15(13-22)12-14-8-9-19(24-21(14)25)23-10-11-26-2/h4-9,12H,3,10-11H2,1-2H3,(H,23,24). The fourth-order valence-electron chi connectivity index (χ4n) is 3.61. The summed E-state index contributed by atoms with van der Waals surface area (Å²) in [6.45, 7) is 3.44. The van der Waals surface area contributed by atoms with Crippen LogP contribution >= 0.6 is 0 Å². The van der Waals surface area contributed by atoms with Gasteiger partial charge in [0.15, 0.2) is 0 Å². The van der Waals surface area contributed by atoms with Gasteiger partial charge in [0.2, 0.25) is 0 Å². The Hall–Kier alpha value is -3.10. The van der Waals surface area contributed by atoms with Crippen molar-refractivity contribution in [1.82, 2.24) is 9.38 Å². The average Bonchev–Trinajstić information content (AvgIpc) is 3.02. The highest BCUT2D eigenvalue weighted by molar-refractivity contribution is 5.99. The first-order chi connectivity index (χ1) is 12.8. The lowest BCUT2D eigenvalue weighted by molar-refractivity contribution is 0.210. The molecule has 5 heteroatoms. The molecule has 1 aromatic carbocycles. The topological polar surface area (TPSA) is 62.3 Å². The van der Waals surface area contributed by atoms with Gasteiger partial charge < -0.3 is 10.1 Å². The van der Waals surface area contributed by atoms with E-state index in [0.717, 1.165) is 34.3 Å². The van der Waals surface area contributed by atoms with E-state index in [-0.39, 0.29) is 0 Å². The molecule has 0 atom stereocenters. The van der Waals surface area contributed by atoms with Crippen LogP contribution in [-0.2, 0) is 11.2 Å². The van der Waals surface area contributed by atoms with Crippen LogP contribution < -0.4 is 5.32 Å². The van der Waals surface area contributed by atoms with Crippen molar-refractivity contribution in [3.63, 3.8) is 0 Å². The van der Waals surface area contributed by atoms with Crippen LogP contribution in [0.25, 0.3) is 27.5 Å². The molecule has 0 fully saturated rings. The lowest BCUT2D eigenvalue weighted by atomic mass is 10.1. The number of anilines is 1. The molecule has 4 aromatic rings. The van der Waals surface area contributed by atoms with E-state index < -0.39 is 0 Å². The van der Waals surface area contributed by atoms with Gasteiger partial charge in [-0.3, -0.25) is 4.40 Å². The summed E-state index contributed by atoms with van der Waals surface area (Å²) >= 11 is 0. The molecule has 0 unspecified atom stereocenters. The lowest BCUT2D eigenvalue weighted by Crippen LogP contribution is -2.09. The Bertz CT molecular complexity index is 1150. The number of methoxy groups -OCH3 is 1. The number of aromatic nitrogens is 2. The third-order valence-electron chi connectivity index (χ3n) is 4.74. The van der Waals surface area contributed by atoms with Gasteiger partial charge in [0.1, 0.15) is 17.5 Å². The van der Waals surface area contributed by atoms with Crippen molar-refractivity contribution in [3.8, 4) is 6.07 Å². The molecule has 1 N–H and O–H groups in total. The first-order valence-electron chi connectivity index (χ1n) is 8.77. The van der Waals surface area contributed by atoms with Gasteiger partial charge in [-0.15, -0.1) is 0 Å². The van der Waals surface area contributed by atoms with E-state index in [0.29, 0.717) is 18.7 Å². The van der Waals surface area contributed by atoms with Crippen molar-refractivity contribution in [1.29, 1.82) is 5.26 Å². The Morgan fingerprint density at radius 2 is 2.08 bits per heavy atom. The average molecular weight is 344 g/mol. The third-order valence-corrected chi connectivity index (χ3v) is 4.74. The predicted molar refractivity (Wildman–Crippen MR) is 105 cm³/mol. The van der Waals surface area contributed by atoms with Crippen LogP contribution in [0.1, 0.15) is 18.1 Å². The van der Waals surface area contributed by atoms with Gasteiger partial charge >= 0.3 is 0 Å². The molecule has 5 nitrogen and oxygen atoms in total. The number of nitrogens with zero attached hydrogens (tertiary/aromatic N) is 3. The van der Waals surface area contributed by atoms with Gasteiger partial charge in [-0.05, 0) is 36.2 Å². The highest BCUT2D eigenvalue weighted by Crippen LogP contribution is 2.33. The van der Waals surface area contributed by atoms with Gasteiger partial charge in [0.25, 0.3) is 0 Å². The Morgan fingerprint density at radius 1 is 1.23 bits per heavy atom. The first-order valence-corrected chi connectivity index (χ1v) is 8.77. The minimum absolute atomic E-state index is 0.620. The highest BCUT2D eigenvalue weighted by atomic mass is 16.5. The molecular weight excluding hydrogens is 324 g/mol. The highest BCUT2D eigenvalue weighted by Gasteiger charge is 2.17. The molecule has 4 rings (SSSR count). The molecule has 0 aliphatic carbocycles. The number of para-hydroxylation sites is 1. The number of nitrogens with one attached hydrogen (secondary N) is 1. The van der Waals surface area contributed by atoms with Gasteiger partial charge in [0, 0.05) is 24.4 Å². The monoisotopic (exact) mass is 344 g/mol. The third kappa shape index (κ3) is 2.47. The summed E-state index contributed by atoms with van der Waals surface area (Å²) in [7, 11) is 1.68. The van der Waals surface area contributed by atoms with E-state index in [2.05, 4.69) is 34.8 Å². The first kappa shape index (κ1) is 16.4. The van der Waals surface area contributed by atoms with Crippen molar-refractivity contribution in [2.24, 2.45) is 0 Å². The second-order valence-corrected chi connectivity index (χ2v) is 6.23. The van der Waals surface area contributed by atoms with Gasteiger partial charge in [-0.1, -0.05) is 25.1 Å². The number of fused-ring (bicyclic) bond motifs is 5. The molecule has 0 amide bonds. The SMILES string of the molecule is CCc1c2ccccc2n2c1c(C#N)cc1ccc(NCCOC)nc12. The van der Waals surface area contributed by atoms with Crippen LogP contribution in [0, 0.1) is 11.3 Å². The predicted octanol–water partition coefficient (Wildman–Crippen LogP) is 4.13. The maximum Gasteiger partial charge on any atom is 0.147 e. The lowest BCUT2D eigenvalue weighted by Gasteiger charge is -2.10. The van der Waals surface area contributed by atoms with Crippen LogP contribution in [-0.4, -0.2) is 29.6 Å². The molecule has 26 heavy (non-hydrogen) atoms. The van der Waals surface area contributed by atoms with Crippen molar-refractivity contribution in [3.05, 3.63) is 53.6 Å². The molecule has 130 valence electrons. The maximum absolute atomic E-state index is 9.73. The van der Waals surface area contributed by atoms with E-state index in [4.69, 9.17) is 9.72 Å². The van der Waals surface area contributed by atoms with Crippen LogP contribution in [0.2, 0.25) is 0 Å². The molecular formula is C21H20N4O. The molecule has 3 heterocycles. The summed E-state index contributed by atoms with van der Waals surface area (Å²) in [5.74, 6) is 0.802. The van der Waals surface area contributed by atoms with Crippen LogP contribution in [0.3, 0.4) is 0 Å². The molecule has 0 aliphatic rings. The molecule has 0 spiro atoms. The second kappa shape index (κ2) is 6.66. The second-order valence-electron chi connectivity index (χ2n) is 6.23. The van der Waals surface area contributed by atoms with E-state index in [9.17, 15) is 5.26 Å². The smallest absolute Gasteiger partial charge is 0.147 e. The fourth-order valence-corrected chi connectivity index (χ4v) is 3.61. The number of ether oxygens (including phenoxy) is 1. The summed E-state index contributed by atoms with van der Waals surface area (Å²) in [6, 6.07) is 16.5. The van der Waals surface area contributed by atoms with E-state index >= 15 is 0 Å². The number of hydrogen-bond acceptors (Lipinski definition) is 4. The Morgan fingerprint density at radius 3 is 2.85 bits per heavy atom. The largest absolute Gasteiger partial charge is 0.383 e. The normalized spacial score (nSPS) is 11.3. The van der Waals surface area contributed by atoms with E-state index in [1.54, 1.807) is 7.11 Å². The van der Waals surface area contributed by atoms with Crippen LogP contribution in [0.4, 0.5) is 5.82 Å². The zero-order valence-electron chi connectivity index (χ0n) is 14.9. The number of rotatable bonds is 5. The number of nitriles is 1. The van der Waals surface area contributed by atoms with Crippen molar-refractivity contribution < 1.29 is 4.74 Å². The van der Waals surface area contributed by atoms with Crippen molar-refractivity contribution in [2.75, 3.05) is 25.6 Å². The molecule has 3 aromatic heterocycles. The zero-order chi connectivity index (χ0) is 18.1. The number of aryl methyl sites for hydroxylation is 1. The Labute approximate surface area is 151 Å². The van der Waals surface area contributed by atoms with Crippen LogP contribution in [0.5, 0.6) is 0 Å². The number of pyridine rings is 2. The molecule has 0 saturated carbocycles. The minimum atomic E-state index is 0.620. The summed E-state index contributed by atoms with van der Waals surface area (Å²) in [5.41, 5.74) is 4.79. The van der Waals surface area contributed by atoms with Gasteiger partial charge in [0.05, 0.1) is 23.2 Å². The minimum Gasteiger partial charge on any atom is -0.383 e. The van der Waals surface area contributed by atoms with E-state index in [1.165, 1.54) is 10.9 Å². The maximum atomic E-state index is 9.73. The molecule has 0 radical (unpaired) electrons. The summed E-state index contributed by atoms with van der Waals surface area (Å²) in [5, 5.41) is 15.1. The molecule has 0 saturated heterocycles. The number of benzene rings is 1. The fraction of sp³-hybridized carbons (Fsp3) is 0.238. The van der Waals surface area contributed by atoms with Crippen molar-refractivity contribution >= 4 is 33.3 Å². The number of hydrogen-bond donors (Lipinski definition) is 1. The summed E-state index contributed by atoms with van der Waals surface area (Å²) < 4.78 is 7.22. The van der Waals surface area contributed by atoms with Crippen LogP contribution in [0.15, 0.2) is 42.5 Å². The summed E-state index contributed by atoms with van der Waals surface area (Å²) in [4.78, 5) is 4.84. The molecule has 0 aliphatic heterocycles. The summed E-state index contributed by atoms with van der Waals surface area (Å²) in [6.07, 6.45) is 0.864. The molecule has 0 bridgehead atoms. The van der Waals surface area contributed by atoms with Gasteiger partial charge in [-0.2, -0.15) is 5.26 Å². The Balaban J connectivity index is 2.08. The quantitative estimate of drug-likeness (QED) is 0.553. The van der Waals surface area contributed by atoms with Gasteiger partial charge in [-0.25, -0.2) is 4.98 Å².